The summed E-state index contributed by atoms with van der Waals surface area (Å²) in [6.45, 7) is 6.31. The minimum Gasteiger partial charge on any atom is -0.485 e. The van der Waals surface area contributed by atoms with Crippen LogP contribution in [0.1, 0.15) is 42.4 Å². The molecule has 0 bridgehead atoms. The second kappa shape index (κ2) is 7.51. The maximum atomic E-state index is 11.4. The van der Waals surface area contributed by atoms with Gasteiger partial charge in [0.15, 0.2) is 0 Å². The molecule has 2 atom stereocenters. The van der Waals surface area contributed by atoms with Crippen LogP contribution in [0.5, 0.6) is 5.75 Å². The van der Waals surface area contributed by atoms with Gasteiger partial charge in [0.25, 0.3) is 0 Å². The quantitative estimate of drug-likeness (QED) is 0.717. The Kier molecular flexibility index (Phi) is 5.00. The summed E-state index contributed by atoms with van der Waals surface area (Å²) in [5, 5.41) is 25.5. The van der Waals surface area contributed by atoms with Crippen molar-refractivity contribution in [3.8, 4) is 11.8 Å². The zero-order valence-electron chi connectivity index (χ0n) is 17.7. The van der Waals surface area contributed by atoms with Crippen molar-refractivity contribution in [3.05, 3.63) is 77.1 Å². The fourth-order valence-electron chi connectivity index (χ4n) is 4.03. The predicted octanol–water partition coefficient (Wildman–Crippen LogP) is 3.88. The van der Waals surface area contributed by atoms with Crippen molar-refractivity contribution < 1.29 is 9.84 Å². The highest BCUT2D eigenvalue weighted by atomic mass is 16.5. The minimum absolute atomic E-state index is 0.401. The molecule has 0 radical (unpaired) electrons. The number of hydrogen-bond donors (Lipinski definition) is 1. The second-order valence-corrected chi connectivity index (χ2v) is 8.32. The molecule has 1 aromatic heterocycles. The average Bonchev–Trinajstić information content (AvgIpc) is 3.05. The van der Waals surface area contributed by atoms with Crippen LogP contribution in [0, 0.1) is 18.3 Å². The van der Waals surface area contributed by atoms with Crippen LogP contribution in [0.2, 0.25) is 0 Å². The lowest BCUT2D eigenvalue weighted by atomic mass is 9.84. The van der Waals surface area contributed by atoms with E-state index in [1.165, 1.54) is 0 Å². The molecular formula is C24H26N4O2. The number of aliphatic hydroxyl groups is 1. The van der Waals surface area contributed by atoms with Crippen LogP contribution >= 0.6 is 0 Å². The van der Waals surface area contributed by atoms with Crippen LogP contribution in [-0.4, -0.2) is 26.6 Å². The van der Waals surface area contributed by atoms with Gasteiger partial charge in [-0.1, -0.05) is 18.2 Å². The SMILES string of the molecule is Cc1cc(CN(c2ccccc2)C2c3cc(C#N)ccc3OC(C)(C)[C@@H]2O)nn1C. The Morgan fingerprint density at radius 3 is 2.57 bits per heavy atom. The van der Waals surface area contributed by atoms with Gasteiger partial charge in [0.1, 0.15) is 17.5 Å². The van der Waals surface area contributed by atoms with Crippen molar-refractivity contribution in [1.82, 2.24) is 9.78 Å². The third-order valence-electron chi connectivity index (χ3n) is 5.76. The first-order valence-electron chi connectivity index (χ1n) is 10.0. The van der Waals surface area contributed by atoms with E-state index in [1.807, 2.05) is 75.0 Å². The van der Waals surface area contributed by atoms with E-state index in [1.54, 1.807) is 6.07 Å². The lowest BCUT2D eigenvalue weighted by Gasteiger charge is -2.47. The number of anilines is 1. The molecule has 1 aliphatic rings. The van der Waals surface area contributed by atoms with E-state index in [9.17, 15) is 10.4 Å². The van der Waals surface area contributed by atoms with E-state index >= 15 is 0 Å². The third kappa shape index (κ3) is 3.53. The van der Waals surface area contributed by atoms with Crippen molar-refractivity contribution in [2.24, 2.45) is 7.05 Å². The number of aliphatic hydroxyl groups excluding tert-OH is 1. The summed E-state index contributed by atoms with van der Waals surface area (Å²) in [4.78, 5) is 2.15. The Hall–Kier alpha value is -3.30. The van der Waals surface area contributed by atoms with E-state index in [0.717, 1.165) is 22.6 Å². The number of hydrogen-bond acceptors (Lipinski definition) is 5. The summed E-state index contributed by atoms with van der Waals surface area (Å²) in [5.41, 5.74) is 3.49. The number of nitrogens with zero attached hydrogens (tertiary/aromatic N) is 4. The van der Waals surface area contributed by atoms with Gasteiger partial charge in [-0.2, -0.15) is 10.4 Å². The van der Waals surface area contributed by atoms with E-state index < -0.39 is 17.7 Å². The third-order valence-corrected chi connectivity index (χ3v) is 5.76. The molecule has 4 rings (SSSR count). The first-order chi connectivity index (χ1) is 14.3. The molecule has 0 aliphatic carbocycles. The van der Waals surface area contributed by atoms with E-state index in [2.05, 4.69) is 22.1 Å². The molecule has 6 heteroatoms. The number of aromatic nitrogens is 2. The number of para-hydroxylation sites is 1. The Balaban J connectivity index is 1.87. The smallest absolute Gasteiger partial charge is 0.132 e. The van der Waals surface area contributed by atoms with Gasteiger partial charge in [-0.05, 0) is 57.2 Å². The highest BCUT2D eigenvalue weighted by molar-refractivity contribution is 5.55. The van der Waals surface area contributed by atoms with Crippen molar-refractivity contribution in [1.29, 1.82) is 5.26 Å². The molecule has 3 aromatic rings. The van der Waals surface area contributed by atoms with Gasteiger partial charge in [0.2, 0.25) is 0 Å². The largest absolute Gasteiger partial charge is 0.485 e. The van der Waals surface area contributed by atoms with Crippen LogP contribution < -0.4 is 9.64 Å². The lowest BCUT2D eigenvalue weighted by Crippen LogP contribution is -2.53. The van der Waals surface area contributed by atoms with Crippen LogP contribution in [0.15, 0.2) is 54.6 Å². The molecule has 1 aliphatic heterocycles. The van der Waals surface area contributed by atoms with Gasteiger partial charge < -0.3 is 14.7 Å². The van der Waals surface area contributed by atoms with Gasteiger partial charge in [-0.15, -0.1) is 0 Å². The number of aryl methyl sites for hydroxylation is 2. The van der Waals surface area contributed by atoms with Crippen LogP contribution in [0.3, 0.4) is 0 Å². The molecule has 6 nitrogen and oxygen atoms in total. The van der Waals surface area contributed by atoms with Crippen LogP contribution in [-0.2, 0) is 13.6 Å². The summed E-state index contributed by atoms with van der Waals surface area (Å²) in [6.07, 6.45) is -0.816. The molecule has 2 aromatic carbocycles. The second-order valence-electron chi connectivity index (χ2n) is 8.32. The summed E-state index contributed by atoms with van der Waals surface area (Å²) in [6, 6.07) is 19.2. The highest BCUT2D eigenvalue weighted by Gasteiger charge is 2.45. The first-order valence-corrected chi connectivity index (χ1v) is 10.0. The van der Waals surface area contributed by atoms with Crippen molar-refractivity contribution in [3.63, 3.8) is 0 Å². The maximum Gasteiger partial charge on any atom is 0.132 e. The monoisotopic (exact) mass is 402 g/mol. The molecule has 0 spiro atoms. The van der Waals surface area contributed by atoms with Crippen LogP contribution in [0.4, 0.5) is 5.69 Å². The van der Waals surface area contributed by atoms with Crippen LogP contribution in [0.25, 0.3) is 0 Å². The van der Waals surface area contributed by atoms with Gasteiger partial charge in [-0.25, -0.2) is 0 Å². The molecule has 0 amide bonds. The average molecular weight is 402 g/mol. The number of ether oxygens (including phenoxy) is 1. The van der Waals surface area contributed by atoms with Crippen molar-refractivity contribution in [2.45, 2.75) is 45.1 Å². The number of benzene rings is 2. The maximum absolute atomic E-state index is 11.4. The Morgan fingerprint density at radius 2 is 1.93 bits per heavy atom. The normalized spacial score (nSPS) is 19.5. The summed E-state index contributed by atoms with van der Waals surface area (Å²) >= 11 is 0. The minimum atomic E-state index is -0.816. The van der Waals surface area contributed by atoms with Gasteiger partial charge >= 0.3 is 0 Å². The standard InChI is InChI=1S/C24H26N4O2/c1-16-12-18(26-27(16)4)15-28(19-8-6-5-7-9-19)22-20-13-17(14-25)10-11-21(20)30-24(2,3)23(22)29/h5-13,22-23,29H,15H2,1-4H3/t22?,23-/m1/s1. The van der Waals surface area contributed by atoms with Gasteiger partial charge in [-0.3, -0.25) is 4.68 Å². The van der Waals surface area contributed by atoms with Gasteiger partial charge in [0, 0.05) is 24.0 Å². The Morgan fingerprint density at radius 1 is 1.20 bits per heavy atom. The summed E-state index contributed by atoms with van der Waals surface area (Å²) in [5.74, 6) is 0.687. The summed E-state index contributed by atoms with van der Waals surface area (Å²) < 4.78 is 7.97. The van der Waals surface area contributed by atoms with E-state index in [0.29, 0.717) is 17.9 Å². The van der Waals surface area contributed by atoms with Crippen molar-refractivity contribution >= 4 is 5.69 Å². The molecule has 0 fully saturated rings. The molecular weight excluding hydrogens is 376 g/mol. The molecule has 30 heavy (non-hydrogen) atoms. The lowest BCUT2D eigenvalue weighted by molar-refractivity contribution is -0.0590. The number of rotatable bonds is 4. The topological polar surface area (TPSA) is 74.3 Å². The first kappa shape index (κ1) is 20.0. The molecule has 2 heterocycles. The Bertz CT molecular complexity index is 1080. The number of fused-ring (bicyclic) bond motifs is 1. The molecule has 1 unspecified atom stereocenters. The molecule has 0 saturated carbocycles. The molecule has 154 valence electrons. The van der Waals surface area contributed by atoms with E-state index in [4.69, 9.17) is 4.74 Å². The zero-order valence-corrected chi connectivity index (χ0v) is 17.7. The molecule has 0 saturated heterocycles. The highest BCUT2D eigenvalue weighted by Crippen LogP contribution is 2.45. The Labute approximate surface area is 176 Å². The van der Waals surface area contributed by atoms with Gasteiger partial charge in [0.05, 0.1) is 29.9 Å². The van der Waals surface area contributed by atoms with E-state index in [-0.39, 0.29) is 0 Å². The summed E-state index contributed by atoms with van der Waals surface area (Å²) in [7, 11) is 1.92. The molecule has 1 N–H and O–H groups in total. The fraction of sp³-hybridized carbons (Fsp3) is 0.333. The predicted molar refractivity (Wildman–Crippen MR) is 115 cm³/mol. The number of nitriles is 1. The van der Waals surface area contributed by atoms with Crippen molar-refractivity contribution in [2.75, 3.05) is 4.90 Å². The fourth-order valence-corrected chi connectivity index (χ4v) is 4.03. The zero-order chi connectivity index (χ0) is 21.5.